The van der Waals surface area contributed by atoms with Crippen LogP contribution in [-0.2, 0) is 4.74 Å². The molecule has 0 aromatic carbocycles. The third-order valence-corrected chi connectivity index (χ3v) is 2.93. The summed E-state index contributed by atoms with van der Waals surface area (Å²) in [5.74, 6) is 1.12. The molecule has 1 aliphatic rings. The van der Waals surface area contributed by atoms with Crippen LogP contribution in [0.2, 0.25) is 0 Å². The Labute approximate surface area is 136 Å². The first-order valence-electron chi connectivity index (χ1n) is 6.63. The molecule has 7 heteroatoms. The highest BCUT2D eigenvalue weighted by molar-refractivity contribution is 14.0. The van der Waals surface area contributed by atoms with Gasteiger partial charge in [-0.3, -0.25) is 9.89 Å². The molecule has 2 rings (SSSR count). The summed E-state index contributed by atoms with van der Waals surface area (Å²) >= 11 is 0. The average Bonchev–Trinajstić information content (AvgIpc) is 2.68. The fourth-order valence-electron chi connectivity index (χ4n) is 1.94. The molecule has 0 amide bonds. The van der Waals surface area contributed by atoms with E-state index in [1.165, 1.54) is 0 Å². The van der Waals surface area contributed by atoms with E-state index in [0.29, 0.717) is 18.3 Å². The molecule has 20 heavy (non-hydrogen) atoms. The Hall–Kier alpha value is -0.930. The second-order valence-corrected chi connectivity index (χ2v) is 4.41. The second kappa shape index (κ2) is 9.89. The fourth-order valence-corrected chi connectivity index (χ4v) is 1.94. The Kier molecular flexibility index (Phi) is 8.47. The van der Waals surface area contributed by atoms with Crippen molar-refractivity contribution in [2.75, 3.05) is 44.7 Å². The highest BCUT2D eigenvalue weighted by Crippen LogP contribution is 2.00. The number of hydrogen-bond donors (Lipinski definition) is 2. The summed E-state index contributed by atoms with van der Waals surface area (Å²) in [5.41, 5.74) is 5.81. The molecular formula is C13H22IN5O. The van der Waals surface area contributed by atoms with Crippen LogP contribution in [0.25, 0.3) is 0 Å². The highest BCUT2D eigenvalue weighted by atomic mass is 127. The average molecular weight is 391 g/mol. The van der Waals surface area contributed by atoms with Crippen molar-refractivity contribution in [3.05, 3.63) is 24.4 Å². The van der Waals surface area contributed by atoms with Gasteiger partial charge in [-0.25, -0.2) is 4.98 Å². The third-order valence-electron chi connectivity index (χ3n) is 2.93. The number of hydrogen-bond acceptors (Lipinski definition) is 4. The first-order chi connectivity index (χ1) is 9.34. The second-order valence-electron chi connectivity index (χ2n) is 4.41. The zero-order valence-corrected chi connectivity index (χ0v) is 13.8. The van der Waals surface area contributed by atoms with Gasteiger partial charge in [-0.15, -0.1) is 24.0 Å². The van der Waals surface area contributed by atoms with Gasteiger partial charge in [-0.2, -0.15) is 0 Å². The Morgan fingerprint density at radius 1 is 1.40 bits per heavy atom. The van der Waals surface area contributed by atoms with E-state index in [-0.39, 0.29) is 24.0 Å². The van der Waals surface area contributed by atoms with Gasteiger partial charge in [-0.1, -0.05) is 6.07 Å². The standard InChI is InChI=1S/C13H21N5O.HI/c14-13(17-12-4-1-2-5-15-12)16-6-8-18-7-3-10-19-11-9-18;/h1-2,4-5H,3,6-11H2,(H3,14,15,16,17);1H. The quantitative estimate of drug-likeness (QED) is 0.458. The fraction of sp³-hybridized carbons (Fsp3) is 0.538. The Balaban J connectivity index is 0.00000200. The molecule has 0 unspecified atom stereocenters. The van der Waals surface area contributed by atoms with E-state index in [4.69, 9.17) is 10.5 Å². The van der Waals surface area contributed by atoms with Gasteiger partial charge in [0.1, 0.15) is 5.82 Å². The van der Waals surface area contributed by atoms with Crippen LogP contribution in [0.4, 0.5) is 5.82 Å². The van der Waals surface area contributed by atoms with E-state index < -0.39 is 0 Å². The third kappa shape index (κ3) is 6.49. The predicted molar refractivity (Wildman–Crippen MR) is 91.6 cm³/mol. The van der Waals surface area contributed by atoms with Gasteiger partial charge in [0.2, 0.25) is 0 Å². The van der Waals surface area contributed by atoms with Crippen molar-refractivity contribution < 1.29 is 4.74 Å². The number of aliphatic imine (C=N–C) groups is 1. The molecular weight excluding hydrogens is 369 g/mol. The van der Waals surface area contributed by atoms with E-state index in [1.54, 1.807) is 6.20 Å². The summed E-state index contributed by atoms with van der Waals surface area (Å²) < 4.78 is 5.41. The van der Waals surface area contributed by atoms with Crippen molar-refractivity contribution >= 4 is 35.8 Å². The smallest absolute Gasteiger partial charge is 0.194 e. The van der Waals surface area contributed by atoms with Crippen molar-refractivity contribution in [2.45, 2.75) is 6.42 Å². The summed E-state index contributed by atoms with van der Waals surface area (Å²) in [7, 11) is 0. The van der Waals surface area contributed by atoms with Crippen LogP contribution in [-0.4, -0.2) is 55.2 Å². The summed E-state index contributed by atoms with van der Waals surface area (Å²) in [6, 6.07) is 5.62. The van der Waals surface area contributed by atoms with E-state index in [0.717, 1.165) is 39.3 Å². The molecule has 2 heterocycles. The topological polar surface area (TPSA) is 75.8 Å². The van der Waals surface area contributed by atoms with E-state index in [2.05, 4.69) is 20.2 Å². The number of nitrogens with one attached hydrogen (secondary N) is 1. The van der Waals surface area contributed by atoms with Crippen LogP contribution in [0.3, 0.4) is 0 Å². The minimum atomic E-state index is 0. The zero-order valence-electron chi connectivity index (χ0n) is 11.5. The Bertz CT molecular complexity index is 393. The number of ether oxygens (including phenoxy) is 1. The number of nitrogens with zero attached hydrogens (tertiary/aromatic N) is 3. The lowest BCUT2D eigenvalue weighted by Gasteiger charge is -2.17. The number of anilines is 1. The molecule has 6 nitrogen and oxygen atoms in total. The highest BCUT2D eigenvalue weighted by Gasteiger charge is 2.07. The number of guanidine groups is 1. The Morgan fingerprint density at radius 3 is 3.10 bits per heavy atom. The molecule has 1 fully saturated rings. The largest absolute Gasteiger partial charge is 0.380 e. The zero-order chi connectivity index (χ0) is 13.3. The molecule has 1 aromatic rings. The van der Waals surface area contributed by atoms with Gasteiger partial charge >= 0.3 is 0 Å². The van der Waals surface area contributed by atoms with E-state index >= 15 is 0 Å². The molecule has 0 spiro atoms. The summed E-state index contributed by atoms with van der Waals surface area (Å²) in [4.78, 5) is 10.8. The van der Waals surface area contributed by atoms with Crippen LogP contribution < -0.4 is 11.1 Å². The van der Waals surface area contributed by atoms with Crippen molar-refractivity contribution in [1.82, 2.24) is 9.88 Å². The van der Waals surface area contributed by atoms with Crippen molar-refractivity contribution in [2.24, 2.45) is 10.7 Å². The number of pyridine rings is 1. The maximum atomic E-state index is 5.81. The minimum Gasteiger partial charge on any atom is -0.380 e. The lowest BCUT2D eigenvalue weighted by molar-refractivity contribution is 0.142. The maximum absolute atomic E-state index is 5.81. The molecule has 3 N–H and O–H groups in total. The van der Waals surface area contributed by atoms with Crippen molar-refractivity contribution in [3.8, 4) is 0 Å². The summed E-state index contributed by atoms with van der Waals surface area (Å²) in [6.07, 6.45) is 2.80. The lowest BCUT2D eigenvalue weighted by Crippen LogP contribution is -2.30. The number of halogens is 1. The first kappa shape index (κ1) is 17.1. The van der Waals surface area contributed by atoms with Crippen molar-refractivity contribution in [1.29, 1.82) is 0 Å². The van der Waals surface area contributed by atoms with Crippen LogP contribution in [0.5, 0.6) is 0 Å². The van der Waals surface area contributed by atoms with Gasteiger partial charge in [0, 0.05) is 32.4 Å². The molecule has 112 valence electrons. The van der Waals surface area contributed by atoms with Gasteiger partial charge in [0.15, 0.2) is 5.96 Å². The molecule has 1 aliphatic heterocycles. The maximum Gasteiger partial charge on any atom is 0.194 e. The molecule has 0 aliphatic carbocycles. The molecule has 0 bridgehead atoms. The van der Waals surface area contributed by atoms with Gasteiger partial charge in [0.05, 0.1) is 13.2 Å². The number of aromatic nitrogens is 1. The summed E-state index contributed by atoms with van der Waals surface area (Å²) in [5, 5.41) is 2.97. The van der Waals surface area contributed by atoms with Crippen LogP contribution in [0.1, 0.15) is 6.42 Å². The molecule has 1 aromatic heterocycles. The van der Waals surface area contributed by atoms with Crippen molar-refractivity contribution in [3.63, 3.8) is 0 Å². The molecule has 0 atom stereocenters. The Morgan fingerprint density at radius 2 is 2.30 bits per heavy atom. The molecule has 1 saturated heterocycles. The van der Waals surface area contributed by atoms with Gasteiger partial charge < -0.3 is 15.8 Å². The number of nitrogens with two attached hydrogens (primary N) is 1. The van der Waals surface area contributed by atoms with E-state index in [1.807, 2.05) is 18.2 Å². The minimum absolute atomic E-state index is 0. The first-order valence-corrected chi connectivity index (χ1v) is 6.63. The molecule has 0 saturated carbocycles. The van der Waals surface area contributed by atoms with Gasteiger partial charge in [0.25, 0.3) is 0 Å². The monoisotopic (exact) mass is 391 g/mol. The lowest BCUT2D eigenvalue weighted by atomic mass is 10.4. The number of rotatable bonds is 4. The van der Waals surface area contributed by atoms with Crippen LogP contribution in [0, 0.1) is 0 Å². The molecule has 0 radical (unpaired) electrons. The van der Waals surface area contributed by atoms with Gasteiger partial charge in [-0.05, 0) is 18.6 Å². The van der Waals surface area contributed by atoms with Crippen LogP contribution in [0.15, 0.2) is 29.4 Å². The SMILES string of the molecule is I.NC(=NCCN1CCCOCC1)Nc1ccccn1. The predicted octanol–water partition coefficient (Wildman–Crippen LogP) is 1.15. The normalized spacial score (nSPS) is 17.1. The summed E-state index contributed by atoms with van der Waals surface area (Å²) in [6.45, 7) is 5.32. The van der Waals surface area contributed by atoms with E-state index in [9.17, 15) is 0 Å². The van der Waals surface area contributed by atoms with Crippen LogP contribution >= 0.6 is 24.0 Å².